The average Bonchev–Trinajstić information content (AvgIpc) is 2.83. The van der Waals surface area contributed by atoms with Gasteiger partial charge < -0.3 is 4.84 Å². The minimum absolute atomic E-state index is 0.0897. The van der Waals surface area contributed by atoms with E-state index in [0.717, 1.165) is 31.6 Å². The molecule has 128 valence electrons. The van der Waals surface area contributed by atoms with Gasteiger partial charge in [0.2, 0.25) is 0 Å². The van der Waals surface area contributed by atoms with Crippen LogP contribution in [-0.2, 0) is 9.63 Å². The fourth-order valence-corrected chi connectivity index (χ4v) is 6.98. The highest BCUT2D eigenvalue weighted by molar-refractivity contribution is 5.92. The minimum atomic E-state index is -0.0897. The van der Waals surface area contributed by atoms with E-state index in [4.69, 9.17) is 4.84 Å². The summed E-state index contributed by atoms with van der Waals surface area (Å²) in [6, 6.07) is 0. The van der Waals surface area contributed by atoms with E-state index in [-0.39, 0.29) is 5.41 Å². The zero-order valence-corrected chi connectivity index (χ0v) is 14.9. The smallest absolute Gasteiger partial charge is 0.139 e. The van der Waals surface area contributed by atoms with Crippen molar-refractivity contribution >= 4 is 11.5 Å². The molecule has 4 rings (SSSR count). The van der Waals surface area contributed by atoms with Crippen molar-refractivity contribution in [2.75, 3.05) is 7.11 Å². The summed E-state index contributed by atoms with van der Waals surface area (Å²) in [4.78, 5) is 17.8. The van der Waals surface area contributed by atoms with E-state index in [1.54, 1.807) is 7.11 Å². The Balaban J connectivity index is 1.76. The Labute approximate surface area is 140 Å². The number of hydrogen-bond donors (Lipinski definition) is 0. The van der Waals surface area contributed by atoms with Gasteiger partial charge in [0.1, 0.15) is 12.9 Å². The molecule has 0 aliphatic heterocycles. The Morgan fingerprint density at radius 1 is 1.09 bits per heavy atom. The lowest BCUT2D eigenvalue weighted by Crippen LogP contribution is -2.56. The van der Waals surface area contributed by atoms with Crippen LogP contribution < -0.4 is 0 Å². The van der Waals surface area contributed by atoms with Gasteiger partial charge in [-0.1, -0.05) is 31.8 Å². The van der Waals surface area contributed by atoms with Crippen LogP contribution in [0.1, 0.15) is 71.6 Å². The second kappa shape index (κ2) is 5.32. The largest absolute Gasteiger partial charge is 0.399 e. The van der Waals surface area contributed by atoms with E-state index in [2.05, 4.69) is 19.0 Å². The van der Waals surface area contributed by atoms with Gasteiger partial charge in [-0.2, -0.15) is 0 Å². The van der Waals surface area contributed by atoms with Crippen molar-refractivity contribution in [2.24, 2.45) is 39.7 Å². The molecule has 0 spiro atoms. The molecule has 0 bridgehead atoms. The molecular weight excluding hydrogens is 286 g/mol. The normalized spacial score (nSPS) is 51.1. The lowest BCUT2D eigenvalue weighted by atomic mass is 9.45. The molecule has 0 N–H and O–H groups in total. The van der Waals surface area contributed by atoms with Gasteiger partial charge in [-0.15, -0.1) is 0 Å². The summed E-state index contributed by atoms with van der Waals surface area (Å²) in [6.45, 7) is 4.79. The van der Waals surface area contributed by atoms with E-state index >= 15 is 0 Å². The quantitative estimate of drug-likeness (QED) is 0.663. The van der Waals surface area contributed by atoms with Crippen LogP contribution in [0.4, 0.5) is 0 Å². The minimum Gasteiger partial charge on any atom is -0.399 e. The van der Waals surface area contributed by atoms with Gasteiger partial charge in [-0.3, -0.25) is 4.79 Å². The zero-order valence-electron chi connectivity index (χ0n) is 14.9. The molecule has 1 unspecified atom stereocenters. The van der Waals surface area contributed by atoms with Gasteiger partial charge in [0.15, 0.2) is 0 Å². The molecule has 0 aromatic carbocycles. The monoisotopic (exact) mass is 317 g/mol. The molecule has 0 aromatic heterocycles. The van der Waals surface area contributed by atoms with E-state index in [0.29, 0.717) is 29.0 Å². The number of rotatable bonds is 1. The third-order valence-electron chi connectivity index (χ3n) is 8.33. The number of oxime groups is 1. The molecule has 4 aliphatic carbocycles. The zero-order chi connectivity index (χ0) is 16.2. The van der Waals surface area contributed by atoms with E-state index in [9.17, 15) is 4.79 Å². The SMILES string of the molecule is CO/N=C1\CC2CCCC[C@]2(C)[C@@H]2CC[C@]3(C)C(=O)CC[C@H]3[C@H]12. The molecule has 4 fully saturated rings. The Kier molecular flexibility index (Phi) is 3.62. The summed E-state index contributed by atoms with van der Waals surface area (Å²) < 4.78 is 0. The van der Waals surface area contributed by atoms with Crippen molar-refractivity contribution < 1.29 is 9.63 Å². The molecule has 0 amide bonds. The summed E-state index contributed by atoms with van der Waals surface area (Å²) >= 11 is 0. The predicted molar refractivity (Wildman–Crippen MR) is 91.2 cm³/mol. The van der Waals surface area contributed by atoms with Crippen molar-refractivity contribution in [3.63, 3.8) is 0 Å². The highest BCUT2D eigenvalue weighted by Crippen LogP contribution is 2.64. The van der Waals surface area contributed by atoms with Crippen LogP contribution in [0.3, 0.4) is 0 Å². The summed E-state index contributed by atoms with van der Waals surface area (Å²) in [5, 5.41) is 4.51. The molecule has 23 heavy (non-hydrogen) atoms. The lowest BCUT2D eigenvalue weighted by Gasteiger charge is -2.59. The summed E-state index contributed by atoms with van der Waals surface area (Å²) in [5.74, 6) is 2.97. The second-order valence-electron chi connectivity index (χ2n) is 9.07. The standard InChI is InChI=1S/C20H31NO2/c1-19-10-5-4-6-13(19)12-16(21-23-3)18-14-7-8-17(22)20(14,2)11-9-15(18)19/h13-15,18H,4-12H2,1-3H3/b21-16+/t13?,14-,15+,18-,19-,20-/m0/s1. The van der Waals surface area contributed by atoms with Crippen LogP contribution in [0.15, 0.2) is 5.16 Å². The van der Waals surface area contributed by atoms with Crippen LogP contribution in [0.2, 0.25) is 0 Å². The number of Topliss-reactive ketones (excluding diaryl/α,β-unsaturated/α-hetero) is 1. The molecule has 4 saturated carbocycles. The number of ketones is 1. The van der Waals surface area contributed by atoms with Crippen molar-refractivity contribution in [1.82, 2.24) is 0 Å². The average molecular weight is 317 g/mol. The highest BCUT2D eigenvalue weighted by Gasteiger charge is 2.61. The Hall–Kier alpha value is -0.860. The Morgan fingerprint density at radius 2 is 1.91 bits per heavy atom. The van der Waals surface area contributed by atoms with Gasteiger partial charge in [0.05, 0.1) is 5.71 Å². The van der Waals surface area contributed by atoms with Crippen molar-refractivity contribution in [1.29, 1.82) is 0 Å². The maximum absolute atomic E-state index is 12.6. The van der Waals surface area contributed by atoms with Crippen molar-refractivity contribution in [3.8, 4) is 0 Å². The molecule has 3 heteroatoms. The van der Waals surface area contributed by atoms with E-state index in [1.165, 1.54) is 37.8 Å². The molecule has 3 nitrogen and oxygen atoms in total. The van der Waals surface area contributed by atoms with Crippen LogP contribution in [0, 0.1) is 34.5 Å². The topological polar surface area (TPSA) is 38.7 Å². The first-order valence-corrected chi connectivity index (χ1v) is 9.64. The molecule has 0 saturated heterocycles. The van der Waals surface area contributed by atoms with Crippen LogP contribution in [0.5, 0.6) is 0 Å². The third kappa shape index (κ3) is 2.07. The molecule has 0 aromatic rings. The Morgan fingerprint density at radius 3 is 2.70 bits per heavy atom. The fraction of sp³-hybridized carbons (Fsp3) is 0.900. The first-order valence-electron chi connectivity index (χ1n) is 9.64. The van der Waals surface area contributed by atoms with Crippen LogP contribution >= 0.6 is 0 Å². The van der Waals surface area contributed by atoms with E-state index in [1.807, 2.05) is 0 Å². The number of carbonyl (C=O) groups excluding carboxylic acids is 1. The number of hydrogen-bond acceptors (Lipinski definition) is 3. The highest BCUT2D eigenvalue weighted by atomic mass is 16.6. The number of nitrogens with zero attached hydrogens (tertiary/aromatic N) is 1. The molecule has 4 aliphatic rings. The maximum atomic E-state index is 12.6. The number of carbonyl (C=O) groups is 1. The van der Waals surface area contributed by atoms with Crippen molar-refractivity contribution in [3.05, 3.63) is 0 Å². The third-order valence-corrected chi connectivity index (χ3v) is 8.33. The fourth-order valence-electron chi connectivity index (χ4n) is 6.98. The maximum Gasteiger partial charge on any atom is 0.139 e. The number of fused-ring (bicyclic) bond motifs is 5. The predicted octanol–water partition coefficient (Wildman–Crippen LogP) is 4.60. The Bertz CT molecular complexity index is 542. The molecule has 0 heterocycles. The van der Waals surface area contributed by atoms with Gasteiger partial charge in [-0.25, -0.2) is 0 Å². The molecule has 0 radical (unpaired) electrons. The van der Waals surface area contributed by atoms with Crippen molar-refractivity contribution in [2.45, 2.75) is 71.6 Å². The van der Waals surface area contributed by atoms with Crippen LogP contribution in [-0.4, -0.2) is 18.6 Å². The van der Waals surface area contributed by atoms with Gasteiger partial charge in [-0.05, 0) is 61.7 Å². The van der Waals surface area contributed by atoms with E-state index < -0.39 is 0 Å². The lowest BCUT2D eigenvalue weighted by molar-refractivity contribution is -0.132. The second-order valence-corrected chi connectivity index (χ2v) is 9.07. The first-order chi connectivity index (χ1) is 11.0. The van der Waals surface area contributed by atoms with Gasteiger partial charge in [0, 0.05) is 17.8 Å². The summed E-state index contributed by atoms with van der Waals surface area (Å²) in [5.41, 5.74) is 1.66. The molecular formula is C20H31NO2. The van der Waals surface area contributed by atoms with Gasteiger partial charge in [0.25, 0.3) is 0 Å². The van der Waals surface area contributed by atoms with Gasteiger partial charge >= 0.3 is 0 Å². The van der Waals surface area contributed by atoms with Crippen LogP contribution in [0.25, 0.3) is 0 Å². The first kappa shape index (κ1) is 15.7. The summed E-state index contributed by atoms with van der Waals surface area (Å²) in [6.07, 6.45) is 10.7. The summed E-state index contributed by atoms with van der Waals surface area (Å²) in [7, 11) is 1.68. The molecule has 6 atom stereocenters.